The smallest absolute Gasteiger partial charge is 0.134 e. The number of aromatic nitrogens is 1. The summed E-state index contributed by atoms with van der Waals surface area (Å²) in [7, 11) is 0. The Hall–Kier alpha value is -1.51. The van der Waals surface area contributed by atoms with Crippen molar-refractivity contribution in [3.8, 4) is 0 Å². The van der Waals surface area contributed by atoms with Crippen LogP contribution in [0, 0.1) is 0 Å². The fourth-order valence-electron chi connectivity index (χ4n) is 3.05. The lowest BCUT2D eigenvalue weighted by atomic mass is 10.2. The largest absolute Gasteiger partial charge is 0.358 e. The molecule has 1 unspecified atom stereocenters. The minimum atomic E-state index is 0.156. The molecule has 3 aromatic rings. The summed E-state index contributed by atoms with van der Waals surface area (Å²) in [5.74, 6) is 0. The number of hydrogen-bond donors (Lipinski definition) is 0. The van der Waals surface area contributed by atoms with Gasteiger partial charge in [0, 0.05) is 22.4 Å². The van der Waals surface area contributed by atoms with Crippen molar-refractivity contribution in [2.75, 3.05) is 6.61 Å². The van der Waals surface area contributed by atoms with E-state index in [4.69, 9.17) is 16.3 Å². The first kappa shape index (κ1) is 11.3. The van der Waals surface area contributed by atoms with Gasteiger partial charge in [0.25, 0.3) is 0 Å². The summed E-state index contributed by atoms with van der Waals surface area (Å²) in [6, 6.07) is 14.6. The summed E-state index contributed by atoms with van der Waals surface area (Å²) in [6.45, 7) is 0.853. The summed E-state index contributed by atoms with van der Waals surface area (Å²) in [5, 5.41) is 3.23. The van der Waals surface area contributed by atoms with Crippen LogP contribution in [0.3, 0.4) is 0 Å². The van der Waals surface area contributed by atoms with Crippen LogP contribution in [0.15, 0.2) is 42.5 Å². The third-order valence-electron chi connectivity index (χ3n) is 3.87. The van der Waals surface area contributed by atoms with Crippen molar-refractivity contribution in [1.82, 2.24) is 4.57 Å². The number of nitrogens with zero attached hydrogens (tertiary/aromatic N) is 1. The zero-order valence-corrected chi connectivity index (χ0v) is 11.2. The molecule has 0 bridgehead atoms. The van der Waals surface area contributed by atoms with E-state index >= 15 is 0 Å². The van der Waals surface area contributed by atoms with E-state index < -0.39 is 0 Å². The van der Waals surface area contributed by atoms with Gasteiger partial charge in [-0.2, -0.15) is 0 Å². The SMILES string of the molecule is Clc1ccc2c(c1)c1ccccc1n2C1CCCO1. The van der Waals surface area contributed by atoms with E-state index in [0.29, 0.717) is 0 Å². The van der Waals surface area contributed by atoms with Crippen LogP contribution < -0.4 is 0 Å². The molecule has 0 radical (unpaired) electrons. The highest BCUT2D eigenvalue weighted by Gasteiger charge is 2.22. The number of halogens is 1. The Kier molecular flexibility index (Phi) is 2.54. The topological polar surface area (TPSA) is 14.2 Å². The quantitative estimate of drug-likeness (QED) is 0.623. The third kappa shape index (κ3) is 1.67. The van der Waals surface area contributed by atoms with E-state index in [2.05, 4.69) is 34.9 Å². The van der Waals surface area contributed by atoms with Gasteiger partial charge < -0.3 is 9.30 Å². The molecule has 1 aromatic heterocycles. The molecular weight excluding hydrogens is 258 g/mol. The van der Waals surface area contributed by atoms with Crippen molar-refractivity contribution >= 4 is 33.4 Å². The number of fused-ring (bicyclic) bond motifs is 3. The number of hydrogen-bond acceptors (Lipinski definition) is 1. The molecule has 1 saturated heterocycles. The molecular formula is C16H14ClNO. The van der Waals surface area contributed by atoms with Gasteiger partial charge in [0.2, 0.25) is 0 Å². The highest BCUT2D eigenvalue weighted by molar-refractivity contribution is 6.31. The second kappa shape index (κ2) is 4.26. The highest BCUT2D eigenvalue weighted by atomic mass is 35.5. The van der Waals surface area contributed by atoms with Gasteiger partial charge >= 0.3 is 0 Å². The average molecular weight is 272 g/mol. The van der Waals surface area contributed by atoms with E-state index in [0.717, 1.165) is 24.5 Å². The second-order valence-corrected chi connectivity index (χ2v) is 5.45. The average Bonchev–Trinajstić information content (AvgIpc) is 3.04. The molecule has 4 rings (SSSR count). The van der Waals surface area contributed by atoms with Crippen LogP contribution in [0.25, 0.3) is 21.8 Å². The third-order valence-corrected chi connectivity index (χ3v) is 4.10. The predicted octanol–water partition coefficient (Wildman–Crippen LogP) is 4.76. The molecule has 1 aliphatic rings. The first-order valence-corrected chi connectivity index (χ1v) is 7.02. The molecule has 0 aliphatic carbocycles. The lowest BCUT2D eigenvalue weighted by Gasteiger charge is -2.14. The summed E-state index contributed by atoms with van der Waals surface area (Å²) in [6.07, 6.45) is 2.37. The molecule has 2 nitrogen and oxygen atoms in total. The maximum Gasteiger partial charge on any atom is 0.134 e. The van der Waals surface area contributed by atoms with Crippen molar-refractivity contribution in [2.24, 2.45) is 0 Å². The van der Waals surface area contributed by atoms with Gasteiger partial charge in [-0.05, 0) is 37.1 Å². The first-order chi connectivity index (χ1) is 9.34. The van der Waals surface area contributed by atoms with Crippen molar-refractivity contribution in [3.63, 3.8) is 0 Å². The maximum atomic E-state index is 6.15. The van der Waals surface area contributed by atoms with E-state index in [-0.39, 0.29) is 6.23 Å². The highest BCUT2D eigenvalue weighted by Crippen LogP contribution is 2.36. The van der Waals surface area contributed by atoms with E-state index in [1.807, 2.05) is 12.1 Å². The molecule has 0 N–H and O–H groups in total. The molecule has 1 atom stereocenters. The Balaban J connectivity index is 2.12. The summed E-state index contributed by atoms with van der Waals surface area (Å²) in [4.78, 5) is 0. The van der Waals surface area contributed by atoms with Crippen molar-refractivity contribution < 1.29 is 4.74 Å². The van der Waals surface area contributed by atoms with Crippen LogP contribution in [0.4, 0.5) is 0 Å². The van der Waals surface area contributed by atoms with E-state index in [9.17, 15) is 0 Å². The van der Waals surface area contributed by atoms with Crippen LogP contribution in [0.1, 0.15) is 19.1 Å². The monoisotopic (exact) mass is 271 g/mol. The number of benzene rings is 2. The van der Waals surface area contributed by atoms with Gasteiger partial charge in [-0.15, -0.1) is 0 Å². The van der Waals surface area contributed by atoms with Crippen molar-refractivity contribution in [2.45, 2.75) is 19.1 Å². The van der Waals surface area contributed by atoms with E-state index in [1.54, 1.807) is 0 Å². The number of ether oxygens (including phenoxy) is 1. The molecule has 1 aliphatic heterocycles. The van der Waals surface area contributed by atoms with Crippen LogP contribution >= 0.6 is 11.6 Å². The van der Waals surface area contributed by atoms with Gasteiger partial charge in [0.15, 0.2) is 0 Å². The maximum absolute atomic E-state index is 6.15. The molecule has 2 heterocycles. The Labute approximate surface area is 116 Å². The summed E-state index contributed by atoms with van der Waals surface area (Å²) < 4.78 is 8.19. The lowest BCUT2D eigenvalue weighted by Crippen LogP contribution is -2.06. The van der Waals surface area contributed by atoms with Gasteiger partial charge in [0.05, 0.1) is 11.0 Å². The molecule has 0 amide bonds. The zero-order valence-electron chi connectivity index (χ0n) is 10.5. The molecule has 0 spiro atoms. The van der Waals surface area contributed by atoms with Gasteiger partial charge in [-0.25, -0.2) is 0 Å². The number of rotatable bonds is 1. The first-order valence-electron chi connectivity index (χ1n) is 6.64. The fraction of sp³-hybridized carbons (Fsp3) is 0.250. The zero-order chi connectivity index (χ0) is 12.8. The van der Waals surface area contributed by atoms with Crippen LogP contribution in [-0.2, 0) is 4.74 Å². The van der Waals surface area contributed by atoms with Gasteiger partial charge in [0.1, 0.15) is 6.23 Å². The molecule has 96 valence electrons. The standard InChI is InChI=1S/C16H14ClNO/c17-11-7-8-15-13(10-11)12-4-1-2-5-14(12)18(15)16-6-3-9-19-16/h1-2,4-5,7-8,10,16H,3,6,9H2. The van der Waals surface area contributed by atoms with Crippen LogP contribution in [0.5, 0.6) is 0 Å². The molecule has 0 saturated carbocycles. The summed E-state index contributed by atoms with van der Waals surface area (Å²) >= 11 is 6.15. The van der Waals surface area contributed by atoms with Crippen LogP contribution in [-0.4, -0.2) is 11.2 Å². The molecule has 19 heavy (non-hydrogen) atoms. The minimum absolute atomic E-state index is 0.156. The predicted molar refractivity (Wildman–Crippen MR) is 78.7 cm³/mol. The fourth-order valence-corrected chi connectivity index (χ4v) is 3.22. The summed E-state index contributed by atoms with van der Waals surface area (Å²) in [5.41, 5.74) is 2.43. The normalized spacial score (nSPS) is 19.5. The molecule has 2 aromatic carbocycles. The van der Waals surface area contributed by atoms with E-state index in [1.165, 1.54) is 21.8 Å². The lowest BCUT2D eigenvalue weighted by molar-refractivity contribution is 0.0633. The Morgan fingerprint density at radius 3 is 2.74 bits per heavy atom. The van der Waals surface area contributed by atoms with Crippen molar-refractivity contribution in [3.05, 3.63) is 47.5 Å². The molecule has 1 fully saturated rings. The minimum Gasteiger partial charge on any atom is -0.358 e. The van der Waals surface area contributed by atoms with Crippen LogP contribution in [0.2, 0.25) is 5.02 Å². The van der Waals surface area contributed by atoms with Gasteiger partial charge in [-0.1, -0.05) is 29.8 Å². The Bertz CT molecular complexity index is 756. The number of para-hydroxylation sites is 1. The van der Waals surface area contributed by atoms with Crippen molar-refractivity contribution in [1.29, 1.82) is 0 Å². The second-order valence-electron chi connectivity index (χ2n) is 5.02. The molecule has 3 heteroatoms. The Morgan fingerprint density at radius 2 is 1.89 bits per heavy atom. The Morgan fingerprint density at radius 1 is 1.05 bits per heavy atom. The van der Waals surface area contributed by atoms with Gasteiger partial charge in [-0.3, -0.25) is 0 Å².